The topological polar surface area (TPSA) is 63.8 Å². The number of aromatic nitrogens is 2. The fourth-order valence-electron chi connectivity index (χ4n) is 1.91. The molecule has 0 saturated heterocycles. The zero-order valence-corrected chi connectivity index (χ0v) is 10.9. The molecule has 4 heteroatoms. The van der Waals surface area contributed by atoms with Gasteiger partial charge in [-0.2, -0.15) is 0 Å². The van der Waals surface area contributed by atoms with E-state index >= 15 is 0 Å². The minimum absolute atomic E-state index is 0.451. The molecule has 3 N–H and O–H groups in total. The van der Waals surface area contributed by atoms with E-state index in [1.54, 1.807) is 6.07 Å². The number of hydrogen-bond acceptors (Lipinski definition) is 4. The Morgan fingerprint density at radius 1 is 1.22 bits per heavy atom. The highest BCUT2D eigenvalue weighted by Gasteiger charge is 2.09. The number of nitrogen functional groups attached to an aromatic ring is 1. The van der Waals surface area contributed by atoms with Crippen LogP contribution in [-0.2, 0) is 0 Å². The van der Waals surface area contributed by atoms with Crippen LogP contribution in [0.5, 0.6) is 0 Å². The predicted octanol–water partition coefficient (Wildman–Crippen LogP) is 3.23. The smallest absolute Gasteiger partial charge is 0.135 e. The van der Waals surface area contributed by atoms with Crippen molar-refractivity contribution in [3.63, 3.8) is 0 Å². The Morgan fingerprint density at radius 2 is 2.00 bits per heavy atom. The van der Waals surface area contributed by atoms with Gasteiger partial charge in [-0.25, -0.2) is 9.97 Å². The van der Waals surface area contributed by atoms with Gasteiger partial charge in [0.15, 0.2) is 0 Å². The average molecular weight is 242 g/mol. The van der Waals surface area contributed by atoms with Gasteiger partial charge in [0.25, 0.3) is 0 Å². The zero-order valence-electron chi connectivity index (χ0n) is 10.9. The number of nitrogens with two attached hydrogens (primary N) is 1. The standard InChI is InChI=1S/C14H18N4/c1-9(2)11-6-4-5-10(3)14(11)18-13-7-12(15)16-8-17-13/h4-9H,1-3H3,(H3,15,16,17,18). The summed E-state index contributed by atoms with van der Waals surface area (Å²) >= 11 is 0. The van der Waals surface area contributed by atoms with Gasteiger partial charge in [-0.15, -0.1) is 0 Å². The number of nitrogens with zero attached hydrogens (tertiary/aromatic N) is 2. The molecule has 0 atom stereocenters. The van der Waals surface area contributed by atoms with E-state index in [-0.39, 0.29) is 0 Å². The van der Waals surface area contributed by atoms with Gasteiger partial charge in [-0.1, -0.05) is 32.0 Å². The fourth-order valence-corrected chi connectivity index (χ4v) is 1.91. The normalized spacial score (nSPS) is 10.7. The highest BCUT2D eigenvalue weighted by Crippen LogP contribution is 2.29. The molecule has 0 aliphatic rings. The van der Waals surface area contributed by atoms with E-state index in [4.69, 9.17) is 5.73 Å². The summed E-state index contributed by atoms with van der Waals surface area (Å²) in [6.45, 7) is 6.43. The first-order chi connectivity index (χ1) is 8.58. The number of hydrogen-bond donors (Lipinski definition) is 2. The summed E-state index contributed by atoms with van der Waals surface area (Å²) in [5, 5.41) is 3.33. The third-order valence-corrected chi connectivity index (χ3v) is 2.87. The summed E-state index contributed by atoms with van der Waals surface area (Å²) in [4.78, 5) is 8.06. The van der Waals surface area contributed by atoms with E-state index in [0.717, 1.165) is 11.5 Å². The minimum atomic E-state index is 0.451. The lowest BCUT2D eigenvalue weighted by atomic mass is 9.98. The van der Waals surface area contributed by atoms with Crippen molar-refractivity contribution in [1.82, 2.24) is 9.97 Å². The first kappa shape index (κ1) is 12.4. The van der Waals surface area contributed by atoms with Crippen LogP contribution in [0.15, 0.2) is 30.6 Å². The highest BCUT2D eigenvalue weighted by atomic mass is 15.0. The van der Waals surface area contributed by atoms with Crippen molar-refractivity contribution in [2.45, 2.75) is 26.7 Å². The van der Waals surface area contributed by atoms with E-state index in [9.17, 15) is 0 Å². The molecule has 2 rings (SSSR count). The average Bonchev–Trinajstić information content (AvgIpc) is 2.31. The van der Waals surface area contributed by atoms with Crippen molar-refractivity contribution in [3.8, 4) is 0 Å². The third kappa shape index (κ3) is 2.59. The zero-order chi connectivity index (χ0) is 13.1. The Morgan fingerprint density at radius 3 is 2.67 bits per heavy atom. The molecular weight excluding hydrogens is 224 g/mol. The van der Waals surface area contributed by atoms with Gasteiger partial charge in [-0.3, -0.25) is 0 Å². The molecule has 4 nitrogen and oxygen atoms in total. The van der Waals surface area contributed by atoms with Crippen LogP contribution in [0.1, 0.15) is 30.9 Å². The van der Waals surface area contributed by atoms with Crippen LogP contribution in [0, 0.1) is 6.92 Å². The summed E-state index contributed by atoms with van der Waals surface area (Å²) in [7, 11) is 0. The van der Waals surface area contributed by atoms with E-state index in [0.29, 0.717) is 11.7 Å². The van der Waals surface area contributed by atoms with Crippen molar-refractivity contribution < 1.29 is 0 Å². The molecule has 0 bridgehead atoms. The number of anilines is 3. The molecule has 0 aliphatic heterocycles. The number of nitrogens with one attached hydrogen (secondary N) is 1. The molecule has 1 aromatic heterocycles. The third-order valence-electron chi connectivity index (χ3n) is 2.87. The van der Waals surface area contributed by atoms with Crippen LogP contribution >= 0.6 is 0 Å². The van der Waals surface area contributed by atoms with Crippen LogP contribution in [0.25, 0.3) is 0 Å². The number of aryl methyl sites for hydroxylation is 1. The predicted molar refractivity (Wildman–Crippen MR) is 75.0 cm³/mol. The van der Waals surface area contributed by atoms with Gasteiger partial charge in [-0.05, 0) is 24.0 Å². The van der Waals surface area contributed by atoms with Crippen LogP contribution < -0.4 is 11.1 Å². The maximum atomic E-state index is 5.66. The number of rotatable bonds is 3. The van der Waals surface area contributed by atoms with Crippen molar-refractivity contribution in [1.29, 1.82) is 0 Å². The van der Waals surface area contributed by atoms with Gasteiger partial charge in [0.05, 0.1) is 0 Å². The van der Waals surface area contributed by atoms with Crippen LogP contribution in [0.3, 0.4) is 0 Å². The second kappa shape index (κ2) is 5.04. The van der Waals surface area contributed by atoms with E-state index in [1.807, 2.05) is 0 Å². The number of para-hydroxylation sites is 1. The van der Waals surface area contributed by atoms with Crippen molar-refractivity contribution in [2.24, 2.45) is 0 Å². The van der Waals surface area contributed by atoms with Crippen molar-refractivity contribution >= 4 is 17.3 Å². The Hall–Kier alpha value is -2.10. The molecule has 0 radical (unpaired) electrons. The van der Waals surface area contributed by atoms with Gasteiger partial charge < -0.3 is 11.1 Å². The van der Waals surface area contributed by atoms with Gasteiger partial charge >= 0.3 is 0 Å². The van der Waals surface area contributed by atoms with Gasteiger partial charge in [0.2, 0.25) is 0 Å². The van der Waals surface area contributed by atoms with Crippen LogP contribution in [0.4, 0.5) is 17.3 Å². The summed E-state index contributed by atoms with van der Waals surface area (Å²) < 4.78 is 0. The maximum Gasteiger partial charge on any atom is 0.135 e. The maximum absolute atomic E-state index is 5.66. The fraction of sp³-hybridized carbons (Fsp3) is 0.286. The minimum Gasteiger partial charge on any atom is -0.384 e. The largest absolute Gasteiger partial charge is 0.384 e. The molecule has 0 spiro atoms. The monoisotopic (exact) mass is 242 g/mol. The molecule has 0 fully saturated rings. The Balaban J connectivity index is 2.39. The molecule has 0 aliphatic carbocycles. The molecule has 0 unspecified atom stereocenters. The lowest BCUT2D eigenvalue weighted by Gasteiger charge is -2.16. The molecule has 2 aromatic rings. The first-order valence-electron chi connectivity index (χ1n) is 6.02. The summed E-state index contributed by atoms with van der Waals surface area (Å²) in [6.07, 6.45) is 1.46. The molecule has 1 aromatic carbocycles. The quantitative estimate of drug-likeness (QED) is 0.867. The lowest BCUT2D eigenvalue weighted by molar-refractivity contribution is 0.867. The highest BCUT2D eigenvalue weighted by molar-refractivity contribution is 5.66. The Kier molecular flexibility index (Phi) is 3.46. The lowest BCUT2D eigenvalue weighted by Crippen LogP contribution is -2.02. The molecule has 94 valence electrons. The van der Waals surface area contributed by atoms with E-state index in [2.05, 4.69) is 54.3 Å². The van der Waals surface area contributed by atoms with Crippen molar-refractivity contribution in [2.75, 3.05) is 11.1 Å². The summed E-state index contributed by atoms with van der Waals surface area (Å²) in [6, 6.07) is 8.02. The van der Waals surface area contributed by atoms with Crippen LogP contribution in [0.2, 0.25) is 0 Å². The first-order valence-corrected chi connectivity index (χ1v) is 6.02. The van der Waals surface area contributed by atoms with Gasteiger partial charge in [0, 0.05) is 11.8 Å². The van der Waals surface area contributed by atoms with Crippen molar-refractivity contribution in [3.05, 3.63) is 41.7 Å². The Bertz CT molecular complexity index is 549. The SMILES string of the molecule is Cc1cccc(C(C)C)c1Nc1cc(N)ncn1. The molecule has 0 saturated carbocycles. The van der Waals surface area contributed by atoms with Gasteiger partial charge in [0.1, 0.15) is 18.0 Å². The Labute approximate surface area is 107 Å². The van der Waals surface area contributed by atoms with E-state index in [1.165, 1.54) is 17.5 Å². The second-order valence-electron chi connectivity index (χ2n) is 4.65. The molecule has 1 heterocycles. The molecular formula is C14H18N4. The van der Waals surface area contributed by atoms with E-state index < -0.39 is 0 Å². The summed E-state index contributed by atoms with van der Waals surface area (Å²) in [5.41, 5.74) is 9.22. The van der Waals surface area contributed by atoms with Crippen LogP contribution in [-0.4, -0.2) is 9.97 Å². The second-order valence-corrected chi connectivity index (χ2v) is 4.65. The number of benzene rings is 1. The molecule has 0 amide bonds. The molecule has 18 heavy (non-hydrogen) atoms. The summed E-state index contributed by atoms with van der Waals surface area (Å²) in [5.74, 6) is 1.64.